The zero-order valence-electron chi connectivity index (χ0n) is 33.0. The van der Waals surface area contributed by atoms with Crippen LogP contribution in [-0.2, 0) is 28.5 Å². The summed E-state index contributed by atoms with van der Waals surface area (Å²) in [6, 6.07) is 3.76. The third kappa shape index (κ3) is 8.41. The molecule has 0 saturated carbocycles. The van der Waals surface area contributed by atoms with Gasteiger partial charge in [0.25, 0.3) is 5.91 Å². The molecule has 0 spiro atoms. The third-order valence-electron chi connectivity index (χ3n) is 10.5. The van der Waals surface area contributed by atoms with Crippen LogP contribution in [0.5, 0.6) is 23.0 Å². The number of aromatic hydroxyl groups is 1. The highest BCUT2D eigenvalue weighted by Gasteiger charge is 2.55. The Hall–Kier alpha value is -5.38. The first-order valence-corrected chi connectivity index (χ1v) is 18.8. The number of aliphatic hydroxyl groups is 2. The predicted octanol–water partition coefficient (Wildman–Crippen LogP) is 3.44. The minimum absolute atomic E-state index is 0.0145. The number of phenols is 1. The van der Waals surface area contributed by atoms with E-state index in [0.717, 1.165) is 0 Å². The van der Waals surface area contributed by atoms with Crippen LogP contribution < -0.4 is 25.3 Å². The number of nitrogens with two attached hydrogens (primary N) is 1. The zero-order chi connectivity index (χ0) is 43.1. The summed E-state index contributed by atoms with van der Waals surface area (Å²) in [5.41, 5.74) is 3.99. The first-order valence-electron chi connectivity index (χ1n) is 18.4. The lowest BCUT2D eigenvalue weighted by Crippen LogP contribution is -2.68. The fourth-order valence-corrected chi connectivity index (χ4v) is 7.90. The fourth-order valence-electron chi connectivity index (χ4n) is 7.63. The lowest BCUT2D eigenvalue weighted by molar-refractivity contribution is -0.330. The van der Waals surface area contributed by atoms with E-state index in [1.165, 1.54) is 31.4 Å². The van der Waals surface area contributed by atoms with Gasteiger partial charge in [-0.25, -0.2) is 4.79 Å². The van der Waals surface area contributed by atoms with Crippen molar-refractivity contribution in [2.75, 3.05) is 33.1 Å². The van der Waals surface area contributed by atoms with Crippen LogP contribution in [0.4, 0.5) is 5.69 Å². The second kappa shape index (κ2) is 16.7. The number of hydrogen-bond acceptors (Lipinski definition) is 15. The molecule has 4 heterocycles. The Bertz CT molecular complexity index is 2150. The second-order valence-corrected chi connectivity index (χ2v) is 15.6. The highest BCUT2D eigenvalue weighted by molar-refractivity contribution is 6.32. The van der Waals surface area contributed by atoms with E-state index in [1.54, 1.807) is 51.1 Å². The Morgan fingerprint density at radius 2 is 1.88 bits per heavy atom. The van der Waals surface area contributed by atoms with Gasteiger partial charge >= 0.3 is 11.9 Å². The molecule has 2 bridgehead atoms. The Morgan fingerprint density at radius 1 is 1.15 bits per heavy atom. The molecule has 2 aromatic carbocycles. The predicted molar refractivity (Wildman–Crippen MR) is 213 cm³/mol. The minimum atomic E-state index is -1.84. The van der Waals surface area contributed by atoms with Gasteiger partial charge in [0.1, 0.15) is 24.6 Å². The maximum atomic E-state index is 14.0. The van der Waals surface area contributed by atoms with Crippen LogP contribution in [0.25, 0.3) is 0 Å². The number of anilines is 1. The maximum absolute atomic E-state index is 14.0. The molecule has 0 radical (unpaired) electrons. The van der Waals surface area contributed by atoms with Crippen LogP contribution in [-0.4, -0.2) is 114 Å². The Balaban J connectivity index is 1.42. The second-order valence-electron chi connectivity index (χ2n) is 15.2. The van der Waals surface area contributed by atoms with Crippen LogP contribution in [0.1, 0.15) is 48.7 Å². The molecule has 6 N–H and O–H groups in total. The Morgan fingerprint density at radius 3 is 2.54 bits per heavy atom. The van der Waals surface area contributed by atoms with E-state index >= 15 is 0 Å². The number of hydrogen-bond donors (Lipinski definition) is 5. The summed E-state index contributed by atoms with van der Waals surface area (Å²) >= 11 is 6.64. The largest absolute Gasteiger partial charge is 0.504 e. The molecule has 17 heteroatoms. The number of halogens is 1. The first-order chi connectivity index (χ1) is 27.8. The fraction of sp³-hybridized carbons (Fsp3) is 0.405. The lowest BCUT2D eigenvalue weighted by atomic mass is 9.84. The number of rotatable bonds is 6. The van der Waals surface area contributed by atoms with E-state index in [1.807, 2.05) is 0 Å². The summed E-state index contributed by atoms with van der Waals surface area (Å²) in [6.45, 7) is 10.7. The van der Waals surface area contributed by atoms with Gasteiger partial charge in [0.05, 0.1) is 41.4 Å². The topological polar surface area (TPSA) is 218 Å². The highest BCUT2D eigenvalue weighted by Crippen LogP contribution is 2.46. The monoisotopic (exact) mass is 835 g/mol. The van der Waals surface area contributed by atoms with Crippen LogP contribution in [0.15, 0.2) is 72.6 Å². The molecule has 1 amide bonds. The van der Waals surface area contributed by atoms with Crippen LogP contribution in [0, 0.1) is 12.3 Å². The van der Waals surface area contributed by atoms with Crippen LogP contribution in [0.3, 0.4) is 0 Å². The van der Waals surface area contributed by atoms with Crippen molar-refractivity contribution in [1.29, 1.82) is 0 Å². The molecular weight excluding hydrogens is 790 g/mol. The molecule has 1 saturated heterocycles. The molecule has 4 aliphatic heterocycles. The number of carbonyl (C=O) groups excluding carboxylic acids is 3. The zero-order valence-corrected chi connectivity index (χ0v) is 33.8. The maximum Gasteiger partial charge on any atom is 0.341 e. The first kappa shape index (κ1) is 43.2. The average molecular weight is 836 g/mol. The molecule has 7 rings (SSSR count). The number of nitrogens with zero attached hydrogens (tertiary/aromatic N) is 1. The molecule has 314 valence electrons. The van der Waals surface area contributed by atoms with Gasteiger partial charge in [0.2, 0.25) is 0 Å². The smallest absolute Gasteiger partial charge is 0.341 e. The third-order valence-corrected chi connectivity index (χ3v) is 10.8. The minimum Gasteiger partial charge on any atom is -0.504 e. The number of amides is 1. The van der Waals surface area contributed by atoms with Crippen molar-refractivity contribution in [1.82, 2.24) is 4.90 Å². The molecule has 59 heavy (non-hydrogen) atoms. The normalized spacial score (nSPS) is 29.2. The van der Waals surface area contributed by atoms with Crippen LogP contribution in [0.2, 0.25) is 5.02 Å². The summed E-state index contributed by atoms with van der Waals surface area (Å²) in [5, 5.41) is 36.5. The number of nitrogens with one attached hydrogen (secondary N) is 1. The number of methoxy groups -OCH3 is 1. The SMILES string of the molecule is C#C[C@H]1Oc2c(O)cc(cc2Cl)[C@@H](N)CC(=O)OCC(OC(=O)c2cc(OC)cc3c2NC(=O)C(=C)O3)C(=C)CC2=CC=CC21O[C@@H]1OC(C)(C)[C@@H](N(C)C)[C@@H](O)[C@H]1O. The number of fused-ring (bicyclic) bond motifs is 11. The molecule has 8 atom stereocenters. The molecule has 2 aromatic rings. The van der Waals surface area contributed by atoms with Crippen molar-refractivity contribution in [3.8, 4) is 35.3 Å². The number of likely N-dealkylation sites (N-methyl/N-ethyl adjacent to an activating group) is 1. The summed E-state index contributed by atoms with van der Waals surface area (Å²) in [4.78, 5) is 41.5. The number of benzene rings is 2. The van der Waals surface area contributed by atoms with Crippen molar-refractivity contribution in [2.24, 2.45) is 5.73 Å². The molecular formula is C42H46ClN3O13. The number of ether oxygens (including phenoxy) is 7. The Labute approximate surface area is 345 Å². The van der Waals surface area contributed by atoms with Crippen molar-refractivity contribution in [3.05, 3.63) is 88.7 Å². The summed E-state index contributed by atoms with van der Waals surface area (Å²) in [7, 11) is 4.84. The van der Waals surface area contributed by atoms with E-state index in [9.17, 15) is 29.7 Å². The molecule has 2 unspecified atom stereocenters. The summed E-state index contributed by atoms with van der Waals surface area (Å²) in [5.74, 6) is -0.539. The summed E-state index contributed by atoms with van der Waals surface area (Å²) in [6.07, 6.45) is 3.11. The lowest BCUT2D eigenvalue weighted by Gasteiger charge is -2.51. The van der Waals surface area contributed by atoms with Gasteiger partial charge in [-0.05, 0) is 75.3 Å². The summed E-state index contributed by atoms with van der Waals surface area (Å²) < 4.78 is 41.8. The van der Waals surface area contributed by atoms with Crippen molar-refractivity contribution >= 4 is 35.1 Å². The molecule has 1 aliphatic carbocycles. The highest BCUT2D eigenvalue weighted by atomic mass is 35.5. The average Bonchev–Trinajstić information content (AvgIpc) is 3.55. The molecule has 5 aliphatic rings. The van der Waals surface area contributed by atoms with Crippen molar-refractivity contribution in [3.63, 3.8) is 0 Å². The van der Waals surface area contributed by atoms with Gasteiger partial charge in [-0.15, -0.1) is 6.42 Å². The van der Waals surface area contributed by atoms with E-state index in [2.05, 4.69) is 24.4 Å². The molecule has 1 fully saturated rings. The molecule has 0 aromatic heterocycles. The van der Waals surface area contributed by atoms with Gasteiger partial charge < -0.3 is 64.4 Å². The van der Waals surface area contributed by atoms with Gasteiger partial charge in [-0.1, -0.05) is 42.8 Å². The van der Waals surface area contributed by atoms with Crippen molar-refractivity contribution in [2.45, 2.75) is 80.7 Å². The van der Waals surface area contributed by atoms with Crippen molar-refractivity contribution < 1.29 is 62.9 Å². The van der Waals surface area contributed by atoms with Gasteiger partial charge in [-0.2, -0.15) is 0 Å². The van der Waals surface area contributed by atoms with Gasteiger partial charge in [0.15, 0.2) is 47.1 Å². The van der Waals surface area contributed by atoms with Gasteiger partial charge in [-0.3, -0.25) is 9.59 Å². The van der Waals surface area contributed by atoms with Crippen LogP contribution >= 0.6 is 11.6 Å². The van der Waals surface area contributed by atoms with E-state index in [4.69, 9.17) is 56.9 Å². The van der Waals surface area contributed by atoms with E-state index < -0.39 is 84.2 Å². The number of aliphatic hydroxyl groups excluding tert-OH is 2. The van der Waals surface area contributed by atoms with E-state index in [-0.39, 0.29) is 63.3 Å². The Kier molecular flexibility index (Phi) is 12.2. The van der Waals surface area contributed by atoms with Gasteiger partial charge in [0, 0.05) is 12.1 Å². The number of esters is 2. The number of phenolic OH excluding ortho intramolecular Hbond substituents is 1. The number of carbonyl (C=O) groups is 3. The molecule has 16 nitrogen and oxygen atoms in total. The number of terminal acetylenes is 1. The standard InChI is InChI=1S/C42H46ClN3O13/c1-9-31-42(59-40-35(50)34(49)37(46(6)7)41(4,5)58-40)12-10-11-23(42)13-20(2)30(19-54-32(48)18-27(44)22-14-26(43)36(57-31)28(47)15-22)56-39(52)25-16-24(53-8)17-29-33(25)45-38(51)21(3)55-29/h1,10-12,14-17,27,30-31,34-35,37,40,47,49-50H,2-3,13,18-19,44H2,4-8H3,(H,45,51)/t27-,30?,31+,34-,35+,37-,40-,42?/m0/s1. The van der Waals surface area contributed by atoms with E-state index in [0.29, 0.717) is 5.57 Å². The quantitative estimate of drug-likeness (QED) is 0.122. The number of allylic oxidation sites excluding steroid dienone is 2.